The fraction of sp³-hybridized carbons (Fsp3) is 0.600. The van der Waals surface area contributed by atoms with Gasteiger partial charge in [-0.05, 0) is 62.7 Å². The normalized spacial score (nSPS) is 22.2. The molecule has 0 unspecified atom stereocenters. The molecule has 4 rings (SSSR count). The fourth-order valence-electron chi connectivity index (χ4n) is 5.06. The quantitative estimate of drug-likeness (QED) is 0.672. The predicted octanol–water partition coefficient (Wildman–Crippen LogP) is 3.92. The predicted molar refractivity (Wildman–Crippen MR) is 123 cm³/mol. The Morgan fingerprint density at radius 2 is 1.97 bits per heavy atom. The molecule has 1 aliphatic heterocycles. The van der Waals surface area contributed by atoms with Gasteiger partial charge in [0, 0.05) is 31.3 Å². The number of para-hydroxylation sites is 1. The van der Waals surface area contributed by atoms with Gasteiger partial charge in [0.1, 0.15) is 0 Å². The first-order valence-electron chi connectivity index (χ1n) is 11.9. The van der Waals surface area contributed by atoms with Crippen molar-refractivity contribution in [3.05, 3.63) is 47.9 Å². The number of benzene rings is 1. The molecule has 1 saturated heterocycles. The molecular formula is C25H36N4O2. The Balaban J connectivity index is 1.30. The van der Waals surface area contributed by atoms with Crippen LogP contribution in [0.1, 0.15) is 56.4 Å². The van der Waals surface area contributed by atoms with E-state index in [1.807, 2.05) is 18.2 Å². The van der Waals surface area contributed by atoms with Gasteiger partial charge in [-0.15, -0.1) is 0 Å². The van der Waals surface area contributed by atoms with Gasteiger partial charge in [0.05, 0.1) is 12.2 Å². The SMILES string of the molecule is CN(Cc1cc(C[C@H]2CNCC[C@H]2CC(=O)NC2CCCCC2)no1)c1ccccc1. The molecule has 2 aliphatic rings. The summed E-state index contributed by atoms with van der Waals surface area (Å²) in [4.78, 5) is 14.8. The summed E-state index contributed by atoms with van der Waals surface area (Å²) in [5.41, 5.74) is 2.14. The van der Waals surface area contributed by atoms with Crippen molar-refractivity contribution >= 4 is 11.6 Å². The highest BCUT2D eigenvalue weighted by Gasteiger charge is 2.29. The number of carbonyl (C=O) groups is 1. The zero-order chi connectivity index (χ0) is 21.5. The molecule has 2 aromatic rings. The first-order chi connectivity index (χ1) is 15.2. The second-order valence-corrected chi connectivity index (χ2v) is 9.30. The minimum atomic E-state index is 0.231. The summed E-state index contributed by atoms with van der Waals surface area (Å²) in [6, 6.07) is 12.8. The van der Waals surface area contributed by atoms with Crippen molar-refractivity contribution in [2.24, 2.45) is 11.8 Å². The summed E-state index contributed by atoms with van der Waals surface area (Å²) >= 11 is 0. The second-order valence-electron chi connectivity index (χ2n) is 9.30. The third-order valence-corrected chi connectivity index (χ3v) is 6.85. The highest BCUT2D eigenvalue weighted by atomic mass is 16.5. The maximum absolute atomic E-state index is 12.7. The number of piperidine rings is 1. The molecule has 1 aromatic heterocycles. The number of carbonyl (C=O) groups excluding carboxylic acids is 1. The highest BCUT2D eigenvalue weighted by Crippen LogP contribution is 2.27. The third kappa shape index (κ3) is 6.33. The smallest absolute Gasteiger partial charge is 0.220 e. The van der Waals surface area contributed by atoms with Crippen LogP contribution in [0, 0.1) is 11.8 Å². The van der Waals surface area contributed by atoms with Gasteiger partial charge in [-0.3, -0.25) is 4.79 Å². The van der Waals surface area contributed by atoms with Crippen molar-refractivity contribution < 1.29 is 9.32 Å². The van der Waals surface area contributed by atoms with Crippen molar-refractivity contribution in [1.82, 2.24) is 15.8 Å². The number of anilines is 1. The fourth-order valence-corrected chi connectivity index (χ4v) is 5.06. The average Bonchev–Trinajstić information content (AvgIpc) is 3.23. The van der Waals surface area contributed by atoms with E-state index in [1.54, 1.807) is 0 Å². The molecule has 0 spiro atoms. The lowest BCUT2D eigenvalue weighted by molar-refractivity contribution is -0.123. The van der Waals surface area contributed by atoms with Crippen LogP contribution in [-0.2, 0) is 17.8 Å². The monoisotopic (exact) mass is 424 g/mol. The minimum Gasteiger partial charge on any atom is -0.367 e. The van der Waals surface area contributed by atoms with Gasteiger partial charge in [-0.1, -0.05) is 42.6 Å². The van der Waals surface area contributed by atoms with Crippen LogP contribution in [0.5, 0.6) is 0 Å². The Morgan fingerprint density at radius 1 is 1.16 bits per heavy atom. The van der Waals surface area contributed by atoms with Gasteiger partial charge >= 0.3 is 0 Å². The zero-order valence-electron chi connectivity index (χ0n) is 18.7. The summed E-state index contributed by atoms with van der Waals surface area (Å²) < 4.78 is 5.62. The summed E-state index contributed by atoms with van der Waals surface area (Å²) in [7, 11) is 2.06. The molecule has 31 heavy (non-hydrogen) atoms. The number of aromatic nitrogens is 1. The lowest BCUT2D eigenvalue weighted by Crippen LogP contribution is -2.42. The standard InChI is InChI=1S/C25H36N4O2/c1-29(23-10-6-3-7-11-23)18-24-16-22(28-31-24)14-20-17-26-13-12-19(20)15-25(30)27-21-8-4-2-5-9-21/h3,6-7,10-11,16,19-21,26H,2,4-5,8-9,12-15,17-18H2,1H3,(H,27,30)/t19-,20-/m0/s1. The highest BCUT2D eigenvalue weighted by molar-refractivity contribution is 5.76. The molecule has 1 amide bonds. The van der Waals surface area contributed by atoms with E-state index in [4.69, 9.17) is 4.52 Å². The first-order valence-corrected chi connectivity index (χ1v) is 11.9. The van der Waals surface area contributed by atoms with Crippen LogP contribution < -0.4 is 15.5 Å². The molecule has 1 aliphatic carbocycles. The summed E-state index contributed by atoms with van der Waals surface area (Å²) in [6.07, 6.45) is 8.61. The number of hydrogen-bond donors (Lipinski definition) is 2. The maximum Gasteiger partial charge on any atom is 0.220 e. The van der Waals surface area contributed by atoms with E-state index in [9.17, 15) is 4.79 Å². The molecule has 0 bridgehead atoms. The van der Waals surface area contributed by atoms with Crippen LogP contribution in [0.2, 0.25) is 0 Å². The van der Waals surface area contributed by atoms with Crippen molar-refractivity contribution in [2.75, 3.05) is 25.0 Å². The zero-order valence-corrected chi connectivity index (χ0v) is 18.7. The lowest BCUT2D eigenvalue weighted by Gasteiger charge is -2.32. The minimum absolute atomic E-state index is 0.231. The van der Waals surface area contributed by atoms with Gasteiger partial charge < -0.3 is 20.1 Å². The Labute approximate surface area is 185 Å². The van der Waals surface area contributed by atoms with E-state index >= 15 is 0 Å². The van der Waals surface area contributed by atoms with Gasteiger partial charge in [0.15, 0.2) is 5.76 Å². The Kier molecular flexibility index (Phi) is 7.62. The number of rotatable bonds is 8. The topological polar surface area (TPSA) is 70.4 Å². The van der Waals surface area contributed by atoms with Gasteiger partial charge in [-0.2, -0.15) is 0 Å². The average molecular weight is 425 g/mol. The van der Waals surface area contributed by atoms with E-state index in [0.29, 0.717) is 30.8 Å². The van der Waals surface area contributed by atoms with Crippen molar-refractivity contribution in [2.45, 2.75) is 64.0 Å². The molecule has 2 heterocycles. The van der Waals surface area contributed by atoms with Crippen LogP contribution in [0.3, 0.4) is 0 Å². The third-order valence-electron chi connectivity index (χ3n) is 6.85. The van der Waals surface area contributed by atoms with Gasteiger partial charge in [-0.25, -0.2) is 0 Å². The Hall–Kier alpha value is -2.34. The number of amides is 1. The largest absolute Gasteiger partial charge is 0.367 e. The molecule has 168 valence electrons. The van der Waals surface area contributed by atoms with Crippen molar-refractivity contribution in [3.8, 4) is 0 Å². The van der Waals surface area contributed by atoms with E-state index < -0.39 is 0 Å². The van der Waals surface area contributed by atoms with E-state index in [2.05, 4.69) is 45.9 Å². The summed E-state index contributed by atoms with van der Waals surface area (Å²) in [6.45, 7) is 2.62. The van der Waals surface area contributed by atoms with Crippen LogP contribution in [0.25, 0.3) is 0 Å². The molecule has 6 heteroatoms. The molecule has 1 saturated carbocycles. The Morgan fingerprint density at radius 3 is 2.77 bits per heavy atom. The first kappa shape index (κ1) is 21.9. The molecule has 1 aromatic carbocycles. The van der Waals surface area contributed by atoms with Crippen molar-refractivity contribution in [1.29, 1.82) is 0 Å². The summed E-state index contributed by atoms with van der Waals surface area (Å²) in [5.74, 6) is 1.92. The molecule has 6 nitrogen and oxygen atoms in total. The van der Waals surface area contributed by atoms with Crippen molar-refractivity contribution in [3.63, 3.8) is 0 Å². The number of nitrogens with one attached hydrogen (secondary N) is 2. The van der Waals surface area contributed by atoms with Crippen LogP contribution in [0.4, 0.5) is 5.69 Å². The molecular weight excluding hydrogens is 388 g/mol. The van der Waals surface area contributed by atoms with E-state index in [-0.39, 0.29) is 5.91 Å². The Bertz CT molecular complexity index is 816. The second kappa shape index (κ2) is 10.8. The maximum atomic E-state index is 12.7. The molecule has 2 atom stereocenters. The molecule has 2 N–H and O–H groups in total. The van der Waals surface area contributed by atoms with Crippen LogP contribution in [0.15, 0.2) is 40.9 Å². The van der Waals surface area contributed by atoms with Gasteiger partial charge in [0.25, 0.3) is 0 Å². The lowest BCUT2D eigenvalue weighted by atomic mass is 9.81. The van der Waals surface area contributed by atoms with Crippen LogP contribution >= 0.6 is 0 Å². The van der Waals surface area contributed by atoms with Crippen LogP contribution in [-0.4, -0.2) is 37.2 Å². The molecule has 2 fully saturated rings. The number of hydrogen-bond acceptors (Lipinski definition) is 5. The van der Waals surface area contributed by atoms with E-state index in [0.717, 1.165) is 55.9 Å². The molecule has 0 radical (unpaired) electrons. The number of nitrogens with zero attached hydrogens (tertiary/aromatic N) is 2. The summed E-state index contributed by atoms with van der Waals surface area (Å²) in [5, 5.41) is 11.1. The van der Waals surface area contributed by atoms with Gasteiger partial charge in [0.2, 0.25) is 5.91 Å². The van der Waals surface area contributed by atoms with E-state index in [1.165, 1.54) is 19.3 Å².